The largest absolute Gasteiger partial charge is 0.388 e. The predicted octanol–water partition coefficient (Wildman–Crippen LogP) is 2.70. The number of nitrogens with zero attached hydrogens (tertiary/aromatic N) is 1. The van der Waals surface area contributed by atoms with Gasteiger partial charge in [-0.3, -0.25) is 9.59 Å². The van der Waals surface area contributed by atoms with Crippen LogP contribution in [0.5, 0.6) is 0 Å². The summed E-state index contributed by atoms with van der Waals surface area (Å²) in [5, 5.41) is 11.0. The van der Waals surface area contributed by atoms with Crippen molar-refractivity contribution in [3.8, 4) is 0 Å². The quantitative estimate of drug-likeness (QED) is 0.851. The van der Waals surface area contributed by atoms with Crippen molar-refractivity contribution in [1.29, 1.82) is 0 Å². The van der Waals surface area contributed by atoms with E-state index in [1.165, 1.54) is 0 Å². The van der Waals surface area contributed by atoms with Gasteiger partial charge in [-0.25, -0.2) is 0 Å². The SMILES string of the molecule is CC1=C2[C@@H](O)[C@H]([C@H](C)C(=O)N3CCCC3)CC[C@@]2(C)CCC1=O. The molecule has 1 N–H and O–H groups in total. The minimum Gasteiger partial charge on any atom is -0.388 e. The van der Waals surface area contributed by atoms with Gasteiger partial charge in [-0.15, -0.1) is 0 Å². The van der Waals surface area contributed by atoms with Crippen LogP contribution in [0.2, 0.25) is 0 Å². The molecule has 0 aromatic carbocycles. The maximum Gasteiger partial charge on any atom is 0.225 e. The molecule has 3 rings (SSSR count). The maximum absolute atomic E-state index is 12.7. The summed E-state index contributed by atoms with van der Waals surface area (Å²) in [5.74, 6) is 0.100. The molecule has 2 aliphatic carbocycles. The summed E-state index contributed by atoms with van der Waals surface area (Å²) >= 11 is 0. The molecule has 23 heavy (non-hydrogen) atoms. The van der Waals surface area contributed by atoms with Crippen LogP contribution in [-0.2, 0) is 9.59 Å². The zero-order chi connectivity index (χ0) is 16.8. The third-order valence-electron chi connectivity index (χ3n) is 6.56. The number of ketones is 1. The van der Waals surface area contributed by atoms with Crippen LogP contribution in [0.3, 0.4) is 0 Å². The first-order chi connectivity index (χ1) is 10.8. The van der Waals surface area contributed by atoms with E-state index in [-0.39, 0.29) is 28.9 Å². The lowest BCUT2D eigenvalue weighted by Crippen LogP contribution is -2.47. The monoisotopic (exact) mass is 319 g/mol. The van der Waals surface area contributed by atoms with Crippen molar-refractivity contribution in [2.45, 2.75) is 65.4 Å². The summed E-state index contributed by atoms with van der Waals surface area (Å²) in [4.78, 5) is 26.8. The number of allylic oxidation sites excluding steroid dienone is 1. The minimum absolute atomic E-state index is 0.0629. The van der Waals surface area contributed by atoms with Crippen molar-refractivity contribution in [1.82, 2.24) is 4.90 Å². The van der Waals surface area contributed by atoms with E-state index < -0.39 is 6.10 Å². The van der Waals surface area contributed by atoms with Crippen LogP contribution in [0.15, 0.2) is 11.1 Å². The second-order valence-electron chi connectivity index (χ2n) is 7.99. The zero-order valence-corrected chi connectivity index (χ0v) is 14.6. The first-order valence-electron chi connectivity index (χ1n) is 9.06. The Morgan fingerprint density at radius 1 is 1.30 bits per heavy atom. The number of likely N-dealkylation sites (tertiary alicyclic amines) is 1. The van der Waals surface area contributed by atoms with E-state index in [9.17, 15) is 14.7 Å². The fraction of sp³-hybridized carbons (Fsp3) is 0.789. The topological polar surface area (TPSA) is 57.6 Å². The van der Waals surface area contributed by atoms with Gasteiger partial charge in [-0.2, -0.15) is 0 Å². The summed E-state index contributed by atoms with van der Waals surface area (Å²) in [6.45, 7) is 7.68. The molecule has 128 valence electrons. The Morgan fingerprint density at radius 2 is 1.96 bits per heavy atom. The standard InChI is InChI=1S/C19H29NO3/c1-12(18(23)20-10-4-5-11-20)14-6-8-19(3)9-7-15(21)13(2)16(19)17(14)22/h12,14,17,22H,4-11H2,1-3H3/t12-,14-,17-,19-/m0/s1. The van der Waals surface area contributed by atoms with E-state index in [1.54, 1.807) is 0 Å². The molecule has 0 unspecified atom stereocenters. The molecule has 1 heterocycles. The Kier molecular flexibility index (Phi) is 4.39. The van der Waals surface area contributed by atoms with Gasteiger partial charge in [-0.1, -0.05) is 13.8 Å². The molecule has 4 atom stereocenters. The van der Waals surface area contributed by atoms with Crippen LogP contribution >= 0.6 is 0 Å². The predicted molar refractivity (Wildman–Crippen MR) is 88.8 cm³/mol. The smallest absolute Gasteiger partial charge is 0.225 e. The Labute approximate surface area is 138 Å². The highest BCUT2D eigenvalue weighted by Gasteiger charge is 2.48. The highest BCUT2D eigenvalue weighted by Crippen LogP contribution is 2.51. The number of Topliss-reactive ketones (excluding diaryl/α,β-unsaturated/α-hetero) is 1. The van der Waals surface area contributed by atoms with Gasteiger partial charge in [0.1, 0.15) is 0 Å². The number of hydrogen-bond donors (Lipinski definition) is 1. The average Bonchev–Trinajstić information content (AvgIpc) is 3.04. The summed E-state index contributed by atoms with van der Waals surface area (Å²) in [7, 11) is 0. The molecule has 3 aliphatic rings. The third-order valence-corrected chi connectivity index (χ3v) is 6.56. The first kappa shape index (κ1) is 16.7. The third kappa shape index (κ3) is 2.75. The Bertz CT molecular complexity index is 547. The Balaban J connectivity index is 1.84. The van der Waals surface area contributed by atoms with E-state index in [2.05, 4.69) is 6.92 Å². The second kappa shape index (κ2) is 6.04. The molecule has 1 saturated heterocycles. The van der Waals surface area contributed by atoms with Gasteiger partial charge in [0.2, 0.25) is 5.91 Å². The van der Waals surface area contributed by atoms with Crippen LogP contribution in [-0.4, -0.2) is 40.9 Å². The van der Waals surface area contributed by atoms with Gasteiger partial charge >= 0.3 is 0 Å². The molecular weight excluding hydrogens is 290 g/mol. The summed E-state index contributed by atoms with van der Waals surface area (Å²) in [6, 6.07) is 0. The van der Waals surface area contributed by atoms with Crippen molar-refractivity contribution in [2.75, 3.05) is 13.1 Å². The molecule has 1 aliphatic heterocycles. The average molecular weight is 319 g/mol. The van der Waals surface area contributed by atoms with Crippen LogP contribution in [0.25, 0.3) is 0 Å². The molecule has 0 radical (unpaired) electrons. The number of amides is 1. The first-order valence-corrected chi connectivity index (χ1v) is 9.06. The normalized spacial score (nSPS) is 36.2. The lowest BCUT2D eigenvalue weighted by atomic mass is 9.58. The van der Waals surface area contributed by atoms with E-state index in [0.717, 1.165) is 56.3 Å². The number of aliphatic hydroxyl groups excluding tert-OH is 1. The lowest BCUT2D eigenvalue weighted by molar-refractivity contribution is -0.138. The van der Waals surface area contributed by atoms with Gasteiger partial charge in [0.05, 0.1) is 6.10 Å². The molecule has 0 bridgehead atoms. The number of rotatable bonds is 2. The van der Waals surface area contributed by atoms with E-state index in [0.29, 0.717) is 6.42 Å². The number of aliphatic hydroxyl groups is 1. The van der Waals surface area contributed by atoms with Gasteiger partial charge in [0.15, 0.2) is 5.78 Å². The number of carbonyl (C=O) groups excluding carboxylic acids is 2. The molecule has 4 nitrogen and oxygen atoms in total. The van der Waals surface area contributed by atoms with E-state index in [4.69, 9.17) is 0 Å². The van der Waals surface area contributed by atoms with Crippen molar-refractivity contribution in [3.63, 3.8) is 0 Å². The summed E-state index contributed by atoms with van der Waals surface area (Å²) in [5.41, 5.74) is 1.60. The molecule has 4 heteroatoms. The molecule has 1 saturated carbocycles. The molecular formula is C19H29NO3. The maximum atomic E-state index is 12.7. The van der Waals surface area contributed by atoms with Crippen molar-refractivity contribution in [2.24, 2.45) is 17.3 Å². The number of carbonyl (C=O) groups is 2. The fourth-order valence-electron chi connectivity index (χ4n) is 4.94. The van der Waals surface area contributed by atoms with Crippen molar-refractivity contribution < 1.29 is 14.7 Å². The molecule has 0 aromatic rings. The molecule has 0 aromatic heterocycles. The zero-order valence-electron chi connectivity index (χ0n) is 14.6. The van der Waals surface area contributed by atoms with Crippen molar-refractivity contribution >= 4 is 11.7 Å². The molecule has 2 fully saturated rings. The Hall–Kier alpha value is -1.16. The van der Waals surface area contributed by atoms with Crippen LogP contribution in [0, 0.1) is 17.3 Å². The van der Waals surface area contributed by atoms with Crippen LogP contribution in [0.4, 0.5) is 0 Å². The Morgan fingerprint density at radius 3 is 2.61 bits per heavy atom. The van der Waals surface area contributed by atoms with Crippen molar-refractivity contribution in [3.05, 3.63) is 11.1 Å². The summed E-state index contributed by atoms with van der Waals surface area (Å²) < 4.78 is 0. The minimum atomic E-state index is -0.653. The van der Waals surface area contributed by atoms with Gasteiger partial charge < -0.3 is 10.0 Å². The molecule has 1 amide bonds. The highest BCUT2D eigenvalue weighted by atomic mass is 16.3. The highest BCUT2D eigenvalue weighted by molar-refractivity contribution is 5.97. The van der Waals surface area contributed by atoms with Crippen LogP contribution < -0.4 is 0 Å². The number of fused-ring (bicyclic) bond motifs is 1. The molecule has 0 spiro atoms. The van der Waals surface area contributed by atoms with E-state index >= 15 is 0 Å². The van der Waals surface area contributed by atoms with E-state index in [1.807, 2.05) is 18.7 Å². The van der Waals surface area contributed by atoms with Crippen LogP contribution in [0.1, 0.15) is 59.3 Å². The lowest BCUT2D eigenvalue weighted by Gasteiger charge is -2.48. The fourth-order valence-corrected chi connectivity index (χ4v) is 4.94. The van der Waals surface area contributed by atoms with Gasteiger partial charge in [0.25, 0.3) is 0 Å². The van der Waals surface area contributed by atoms with Gasteiger partial charge in [0, 0.05) is 31.3 Å². The summed E-state index contributed by atoms with van der Waals surface area (Å²) in [6.07, 6.45) is 4.77. The van der Waals surface area contributed by atoms with Gasteiger partial charge in [-0.05, 0) is 55.6 Å². The number of hydrogen-bond acceptors (Lipinski definition) is 3. The second-order valence-corrected chi connectivity index (χ2v) is 7.99.